The molecule has 3 nitrogen and oxygen atoms in total. The molecule has 96 valence electrons. The maximum Gasteiger partial charge on any atom is 0.392 e. The Hall–Kier alpha value is -1.30. The van der Waals surface area contributed by atoms with E-state index in [1.807, 2.05) is 0 Å². The van der Waals surface area contributed by atoms with Gasteiger partial charge in [-0.15, -0.1) is 0 Å². The topological polar surface area (TPSA) is 48.1 Å². The first kappa shape index (κ1) is 13.8. The van der Waals surface area contributed by atoms with Crippen LogP contribution < -0.4 is 10.5 Å². The fourth-order valence-electron chi connectivity index (χ4n) is 1.47. The van der Waals surface area contributed by atoms with Crippen LogP contribution in [0.15, 0.2) is 6.07 Å². The van der Waals surface area contributed by atoms with Crippen LogP contribution in [0, 0.1) is 13.8 Å². The Kier molecular flexibility index (Phi) is 4.34. The number of pyridine rings is 1. The van der Waals surface area contributed by atoms with Gasteiger partial charge in [-0.3, -0.25) is 4.98 Å². The van der Waals surface area contributed by atoms with Crippen molar-refractivity contribution in [1.82, 2.24) is 4.98 Å². The van der Waals surface area contributed by atoms with Gasteiger partial charge < -0.3 is 10.5 Å². The van der Waals surface area contributed by atoms with E-state index in [2.05, 4.69) is 4.98 Å². The highest BCUT2D eigenvalue weighted by molar-refractivity contribution is 5.37. The van der Waals surface area contributed by atoms with Crippen LogP contribution in [-0.2, 0) is 6.54 Å². The quantitative estimate of drug-likeness (QED) is 0.890. The lowest BCUT2D eigenvalue weighted by molar-refractivity contribution is -0.139. The second-order valence-corrected chi connectivity index (χ2v) is 3.74. The molecule has 0 aromatic carbocycles. The van der Waals surface area contributed by atoms with Gasteiger partial charge in [-0.25, -0.2) is 0 Å². The predicted octanol–water partition coefficient (Wildman–Crippen LogP) is 2.49. The van der Waals surface area contributed by atoms with Crippen LogP contribution in [0.5, 0.6) is 5.75 Å². The first-order valence-electron chi connectivity index (χ1n) is 5.20. The molecule has 17 heavy (non-hydrogen) atoms. The van der Waals surface area contributed by atoms with E-state index < -0.39 is 19.2 Å². The monoisotopic (exact) mass is 248 g/mol. The van der Waals surface area contributed by atoms with Crippen molar-refractivity contribution in [3.63, 3.8) is 0 Å². The number of aryl methyl sites for hydroxylation is 2. The molecule has 6 heteroatoms. The molecule has 0 aliphatic heterocycles. The summed E-state index contributed by atoms with van der Waals surface area (Å²) in [4.78, 5) is 4.18. The number of halogens is 3. The molecule has 0 aliphatic rings. The minimum absolute atomic E-state index is 0.195. The molecule has 0 radical (unpaired) electrons. The molecule has 0 saturated heterocycles. The number of nitrogens with two attached hydrogens (primary N) is 1. The third kappa shape index (κ3) is 4.22. The largest absolute Gasteiger partial charge is 0.493 e. The van der Waals surface area contributed by atoms with Crippen molar-refractivity contribution in [3.8, 4) is 5.75 Å². The molecule has 0 saturated carbocycles. The van der Waals surface area contributed by atoms with Gasteiger partial charge in [-0.05, 0) is 13.8 Å². The standard InChI is InChI=1S/C11H15F3N2O/c1-7-5-10(9(6-15)8(2)16-7)17-4-3-11(12,13)14/h5H,3-4,6,15H2,1-2H3. The van der Waals surface area contributed by atoms with Gasteiger partial charge in [0, 0.05) is 29.6 Å². The fraction of sp³-hybridized carbons (Fsp3) is 0.545. The number of hydrogen-bond acceptors (Lipinski definition) is 3. The summed E-state index contributed by atoms with van der Waals surface area (Å²) in [5.74, 6) is 0.391. The zero-order valence-electron chi connectivity index (χ0n) is 9.77. The first-order chi connectivity index (χ1) is 7.83. The van der Waals surface area contributed by atoms with Crippen molar-refractivity contribution in [2.24, 2.45) is 5.73 Å². The molecule has 1 aromatic rings. The van der Waals surface area contributed by atoms with Gasteiger partial charge in [0.1, 0.15) is 5.75 Å². The lowest BCUT2D eigenvalue weighted by Crippen LogP contribution is -2.14. The molecule has 1 aromatic heterocycles. The van der Waals surface area contributed by atoms with Gasteiger partial charge >= 0.3 is 6.18 Å². The second kappa shape index (κ2) is 5.35. The second-order valence-electron chi connectivity index (χ2n) is 3.74. The summed E-state index contributed by atoms with van der Waals surface area (Å²) in [5.41, 5.74) is 7.55. The van der Waals surface area contributed by atoms with Gasteiger partial charge in [0.05, 0.1) is 13.0 Å². The van der Waals surface area contributed by atoms with E-state index in [-0.39, 0.29) is 6.54 Å². The third-order valence-corrected chi connectivity index (χ3v) is 2.27. The molecule has 1 heterocycles. The molecular formula is C11H15F3N2O. The molecule has 0 amide bonds. The van der Waals surface area contributed by atoms with Crippen molar-refractivity contribution in [2.45, 2.75) is 33.0 Å². The van der Waals surface area contributed by atoms with Gasteiger partial charge in [-0.1, -0.05) is 0 Å². The molecule has 2 N–H and O–H groups in total. The summed E-state index contributed by atoms with van der Waals surface area (Å²) in [6.07, 6.45) is -5.18. The highest BCUT2D eigenvalue weighted by atomic mass is 19.4. The van der Waals surface area contributed by atoms with Crippen molar-refractivity contribution >= 4 is 0 Å². The van der Waals surface area contributed by atoms with Crippen LogP contribution in [0.1, 0.15) is 23.4 Å². The lowest BCUT2D eigenvalue weighted by Gasteiger charge is -2.14. The summed E-state index contributed by atoms with van der Waals surface area (Å²) >= 11 is 0. The zero-order chi connectivity index (χ0) is 13.1. The van der Waals surface area contributed by atoms with Gasteiger partial charge in [0.15, 0.2) is 0 Å². The molecule has 1 rings (SSSR count). The van der Waals surface area contributed by atoms with E-state index in [9.17, 15) is 13.2 Å². The van der Waals surface area contributed by atoms with E-state index in [0.717, 1.165) is 0 Å². The average molecular weight is 248 g/mol. The highest BCUT2D eigenvalue weighted by Crippen LogP contribution is 2.24. The average Bonchev–Trinajstić information content (AvgIpc) is 2.14. The molecule has 0 bridgehead atoms. The lowest BCUT2D eigenvalue weighted by atomic mass is 10.1. The Morgan fingerprint density at radius 1 is 1.35 bits per heavy atom. The van der Waals surface area contributed by atoms with E-state index in [1.54, 1.807) is 19.9 Å². The molecule has 0 aliphatic carbocycles. The SMILES string of the molecule is Cc1cc(OCCC(F)(F)F)c(CN)c(C)n1. The molecular weight excluding hydrogens is 233 g/mol. The van der Waals surface area contributed by atoms with E-state index in [4.69, 9.17) is 10.5 Å². The van der Waals surface area contributed by atoms with E-state index in [1.165, 1.54) is 0 Å². The number of ether oxygens (including phenoxy) is 1. The predicted molar refractivity (Wildman–Crippen MR) is 57.8 cm³/mol. The van der Waals surface area contributed by atoms with Crippen molar-refractivity contribution in [1.29, 1.82) is 0 Å². The summed E-state index contributed by atoms with van der Waals surface area (Å²) in [6, 6.07) is 1.60. The third-order valence-electron chi connectivity index (χ3n) is 2.27. The Bertz CT molecular complexity index is 391. The summed E-state index contributed by atoms with van der Waals surface area (Å²) in [6.45, 7) is 3.30. The molecule has 0 atom stereocenters. The fourth-order valence-corrected chi connectivity index (χ4v) is 1.47. The molecule has 0 fully saturated rings. The smallest absolute Gasteiger partial charge is 0.392 e. The minimum Gasteiger partial charge on any atom is -0.493 e. The van der Waals surface area contributed by atoms with Crippen LogP contribution >= 0.6 is 0 Å². The van der Waals surface area contributed by atoms with E-state index >= 15 is 0 Å². The van der Waals surface area contributed by atoms with Crippen molar-refractivity contribution in [2.75, 3.05) is 6.61 Å². The number of rotatable bonds is 4. The van der Waals surface area contributed by atoms with Crippen LogP contribution in [-0.4, -0.2) is 17.8 Å². The number of alkyl halides is 3. The van der Waals surface area contributed by atoms with Crippen LogP contribution in [0.4, 0.5) is 13.2 Å². The van der Waals surface area contributed by atoms with Crippen LogP contribution in [0.25, 0.3) is 0 Å². The van der Waals surface area contributed by atoms with E-state index in [0.29, 0.717) is 22.7 Å². The Morgan fingerprint density at radius 2 is 2.00 bits per heavy atom. The number of aromatic nitrogens is 1. The Labute approximate surface area is 97.8 Å². The highest BCUT2D eigenvalue weighted by Gasteiger charge is 2.27. The minimum atomic E-state index is -4.21. The van der Waals surface area contributed by atoms with Crippen molar-refractivity contribution in [3.05, 3.63) is 23.0 Å². The summed E-state index contributed by atoms with van der Waals surface area (Å²) < 4.78 is 41.1. The van der Waals surface area contributed by atoms with Crippen molar-refractivity contribution < 1.29 is 17.9 Å². The Morgan fingerprint density at radius 3 is 2.53 bits per heavy atom. The molecule has 0 spiro atoms. The summed E-state index contributed by atoms with van der Waals surface area (Å²) in [5, 5.41) is 0. The maximum absolute atomic E-state index is 12.0. The normalized spacial score (nSPS) is 11.6. The first-order valence-corrected chi connectivity index (χ1v) is 5.20. The molecule has 0 unspecified atom stereocenters. The zero-order valence-corrected chi connectivity index (χ0v) is 9.77. The Balaban J connectivity index is 2.76. The number of hydrogen-bond donors (Lipinski definition) is 1. The maximum atomic E-state index is 12.0. The van der Waals surface area contributed by atoms with Gasteiger partial charge in [-0.2, -0.15) is 13.2 Å². The van der Waals surface area contributed by atoms with Crippen LogP contribution in [0.3, 0.4) is 0 Å². The van der Waals surface area contributed by atoms with Gasteiger partial charge in [0.25, 0.3) is 0 Å². The number of nitrogens with zero attached hydrogens (tertiary/aromatic N) is 1. The summed E-state index contributed by atoms with van der Waals surface area (Å²) in [7, 11) is 0. The van der Waals surface area contributed by atoms with Gasteiger partial charge in [0.2, 0.25) is 0 Å². The van der Waals surface area contributed by atoms with Crippen LogP contribution in [0.2, 0.25) is 0 Å².